The van der Waals surface area contributed by atoms with E-state index in [1.54, 1.807) is 37.3 Å². The van der Waals surface area contributed by atoms with Gasteiger partial charge in [0.1, 0.15) is 0 Å². The first-order chi connectivity index (χ1) is 9.86. The lowest BCUT2D eigenvalue weighted by molar-refractivity contribution is -0.141. The third-order valence-electron chi connectivity index (χ3n) is 3.14. The van der Waals surface area contributed by atoms with Gasteiger partial charge in [-0.2, -0.15) is 13.2 Å². The lowest BCUT2D eigenvalue weighted by atomic mass is 10.1. The van der Waals surface area contributed by atoms with Crippen molar-refractivity contribution in [3.05, 3.63) is 53.6 Å². The average molecular weight is 298 g/mol. The van der Waals surface area contributed by atoms with Crippen molar-refractivity contribution in [3.8, 4) is 0 Å². The van der Waals surface area contributed by atoms with Gasteiger partial charge in [0.2, 0.25) is 0 Å². The summed E-state index contributed by atoms with van der Waals surface area (Å²) in [5.74, 6) is -1.07. The summed E-state index contributed by atoms with van der Waals surface area (Å²) in [5, 5.41) is 0. The van der Waals surface area contributed by atoms with E-state index >= 15 is 0 Å². The molecule has 1 aromatic heterocycles. The van der Waals surface area contributed by atoms with Gasteiger partial charge in [0.05, 0.1) is 19.5 Å². The normalized spacial score (nSPS) is 13.0. The molecule has 112 valence electrons. The second-order valence-electron chi connectivity index (χ2n) is 4.43. The number of rotatable bonds is 3. The molecule has 0 amide bonds. The molecular weight excluding hydrogens is 285 g/mol. The van der Waals surface area contributed by atoms with E-state index in [2.05, 4.69) is 9.72 Å². The number of aromatic nitrogens is 2. The highest BCUT2D eigenvalue weighted by Gasteiger charge is 2.40. The summed E-state index contributed by atoms with van der Waals surface area (Å²) < 4.78 is 44.4. The van der Waals surface area contributed by atoms with Crippen LogP contribution in [0.15, 0.2) is 36.7 Å². The zero-order valence-corrected chi connectivity index (χ0v) is 11.4. The third-order valence-corrected chi connectivity index (χ3v) is 3.14. The van der Waals surface area contributed by atoms with Gasteiger partial charge >= 0.3 is 12.1 Å². The predicted molar refractivity (Wildman–Crippen MR) is 68.8 cm³/mol. The summed E-state index contributed by atoms with van der Waals surface area (Å²) in [5.41, 5.74) is -1.08. The first-order valence-corrected chi connectivity index (χ1v) is 6.13. The standard InChI is InChI=1S/C14H13F3N2O2/c1-9(10-6-4-3-5-7-10)19-8-18-12(14(15,16)17)11(19)13(20)21-2/h3-9H,1-2H3/t9-/m1/s1. The van der Waals surface area contributed by atoms with E-state index in [0.717, 1.165) is 19.0 Å². The summed E-state index contributed by atoms with van der Waals surface area (Å²) >= 11 is 0. The Kier molecular flexibility index (Phi) is 4.02. The smallest absolute Gasteiger partial charge is 0.435 e. The molecule has 0 fully saturated rings. The van der Waals surface area contributed by atoms with Gasteiger partial charge in [-0.05, 0) is 12.5 Å². The van der Waals surface area contributed by atoms with E-state index in [0.29, 0.717) is 0 Å². The van der Waals surface area contributed by atoms with Crippen molar-refractivity contribution in [2.24, 2.45) is 0 Å². The minimum Gasteiger partial charge on any atom is -0.464 e. The fraction of sp³-hybridized carbons (Fsp3) is 0.286. The Morgan fingerprint density at radius 3 is 2.43 bits per heavy atom. The Morgan fingerprint density at radius 1 is 1.29 bits per heavy atom. The van der Waals surface area contributed by atoms with Crippen molar-refractivity contribution in [3.63, 3.8) is 0 Å². The number of hydrogen-bond donors (Lipinski definition) is 0. The molecule has 0 bridgehead atoms. The van der Waals surface area contributed by atoms with Crippen LogP contribution >= 0.6 is 0 Å². The number of nitrogens with zero attached hydrogens (tertiary/aromatic N) is 2. The van der Waals surface area contributed by atoms with Gasteiger partial charge in [0, 0.05) is 0 Å². The summed E-state index contributed by atoms with van der Waals surface area (Å²) in [7, 11) is 1.03. The SMILES string of the molecule is COC(=O)c1c(C(F)(F)F)ncn1[C@H](C)c1ccccc1. The minimum absolute atomic E-state index is 0.483. The van der Waals surface area contributed by atoms with E-state index in [4.69, 9.17) is 0 Å². The van der Waals surface area contributed by atoms with Crippen LogP contribution in [0, 0.1) is 0 Å². The molecule has 0 radical (unpaired) electrons. The van der Waals surface area contributed by atoms with Gasteiger partial charge in [-0.1, -0.05) is 30.3 Å². The molecule has 0 saturated heterocycles. The Bertz CT molecular complexity index is 635. The highest BCUT2D eigenvalue weighted by molar-refractivity contribution is 5.89. The van der Waals surface area contributed by atoms with E-state index in [1.807, 2.05) is 0 Å². The largest absolute Gasteiger partial charge is 0.464 e. The first-order valence-electron chi connectivity index (χ1n) is 6.13. The van der Waals surface area contributed by atoms with Gasteiger partial charge in [-0.25, -0.2) is 9.78 Å². The number of imidazole rings is 1. The van der Waals surface area contributed by atoms with Gasteiger partial charge in [-0.15, -0.1) is 0 Å². The number of carbonyl (C=O) groups is 1. The van der Waals surface area contributed by atoms with Gasteiger partial charge < -0.3 is 9.30 Å². The van der Waals surface area contributed by atoms with Crippen LogP contribution in [0.3, 0.4) is 0 Å². The van der Waals surface area contributed by atoms with Crippen molar-refractivity contribution < 1.29 is 22.7 Å². The maximum absolute atomic E-state index is 12.9. The lowest BCUT2D eigenvalue weighted by Crippen LogP contribution is -2.19. The quantitative estimate of drug-likeness (QED) is 0.817. The number of ether oxygens (including phenoxy) is 1. The number of esters is 1. The molecule has 0 saturated carbocycles. The molecule has 1 atom stereocenters. The summed E-state index contributed by atoms with van der Waals surface area (Å²) in [6.45, 7) is 1.68. The molecule has 21 heavy (non-hydrogen) atoms. The first kappa shape index (κ1) is 15.1. The van der Waals surface area contributed by atoms with Crippen molar-refractivity contribution in [1.29, 1.82) is 0 Å². The maximum atomic E-state index is 12.9. The number of benzene rings is 1. The molecule has 4 nitrogen and oxygen atoms in total. The molecule has 0 aliphatic rings. The molecule has 0 aliphatic carbocycles. The molecule has 0 N–H and O–H groups in total. The number of methoxy groups -OCH3 is 1. The Hall–Kier alpha value is -2.31. The van der Waals surface area contributed by atoms with Crippen LogP contribution in [0.5, 0.6) is 0 Å². The molecule has 7 heteroatoms. The number of carbonyl (C=O) groups excluding carboxylic acids is 1. The topological polar surface area (TPSA) is 44.1 Å². The molecule has 0 spiro atoms. The zero-order valence-electron chi connectivity index (χ0n) is 11.4. The van der Waals surface area contributed by atoms with Gasteiger partial charge in [-0.3, -0.25) is 0 Å². The molecule has 0 unspecified atom stereocenters. The van der Waals surface area contributed by atoms with Crippen LogP contribution < -0.4 is 0 Å². The fourth-order valence-corrected chi connectivity index (χ4v) is 2.05. The van der Waals surface area contributed by atoms with E-state index in [1.165, 1.54) is 4.57 Å². The molecule has 1 aromatic carbocycles. The van der Waals surface area contributed by atoms with E-state index in [-0.39, 0.29) is 0 Å². The van der Waals surface area contributed by atoms with Crippen LogP contribution in [-0.2, 0) is 10.9 Å². The van der Waals surface area contributed by atoms with Crippen molar-refractivity contribution in [1.82, 2.24) is 9.55 Å². The third kappa shape index (κ3) is 2.91. The Labute approximate surface area is 119 Å². The molecule has 0 aliphatic heterocycles. The highest BCUT2D eigenvalue weighted by Crippen LogP contribution is 2.33. The molecule has 2 aromatic rings. The van der Waals surface area contributed by atoms with Crippen molar-refractivity contribution >= 4 is 5.97 Å². The zero-order chi connectivity index (χ0) is 15.6. The number of hydrogen-bond acceptors (Lipinski definition) is 3. The average Bonchev–Trinajstić information content (AvgIpc) is 2.91. The van der Waals surface area contributed by atoms with Crippen LogP contribution in [0.4, 0.5) is 13.2 Å². The Morgan fingerprint density at radius 2 is 1.90 bits per heavy atom. The van der Waals surface area contributed by atoms with E-state index < -0.39 is 29.6 Å². The molecule has 1 heterocycles. The fourth-order valence-electron chi connectivity index (χ4n) is 2.05. The predicted octanol–water partition coefficient (Wildman–Crippen LogP) is 3.30. The van der Waals surface area contributed by atoms with Crippen molar-refractivity contribution in [2.45, 2.75) is 19.1 Å². The monoisotopic (exact) mass is 298 g/mol. The van der Waals surface area contributed by atoms with E-state index in [9.17, 15) is 18.0 Å². The summed E-state index contributed by atoms with van der Waals surface area (Å²) in [6, 6.07) is 8.38. The number of alkyl halides is 3. The van der Waals surface area contributed by atoms with Crippen LogP contribution in [0.1, 0.15) is 34.7 Å². The molecular formula is C14H13F3N2O2. The van der Waals surface area contributed by atoms with Crippen LogP contribution in [0.25, 0.3) is 0 Å². The maximum Gasteiger partial charge on any atom is 0.435 e. The van der Waals surface area contributed by atoms with Crippen LogP contribution in [0.2, 0.25) is 0 Å². The van der Waals surface area contributed by atoms with Gasteiger partial charge in [0.15, 0.2) is 11.4 Å². The minimum atomic E-state index is -4.72. The second kappa shape index (κ2) is 5.59. The van der Waals surface area contributed by atoms with Crippen molar-refractivity contribution in [2.75, 3.05) is 7.11 Å². The lowest BCUT2D eigenvalue weighted by Gasteiger charge is -2.17. The van der Waals surface area contributed by atoms with Crippen LogP contribution in [-0.4, -0.2) is 22.6 Å². The summed E-state index contributed by atoms with van der Waals surface area (Å²) in [4.78, 5) is 15.1. The number of halogens is 3. The molecule has 2 rings (SSSR count). The Balaban J connectivity index is 2.54. The highest BCUT2D eigenvalue weighted by atomic mass is 19.4. The second-order valence-corrected chi connectivity index (χ2v) is 4.43. The van der Waals surface area contributed by atoms with Gasteiger partial charge in [0.25, 0.3) is 0 Å². The summed E-state index contributed by atoms with van der Waals surface area (Å²) in [6.07, 6.45) is -3.71.